The van der Waals surface area contributed by atoms with Crippen LogP contribution in [0.25, 0.3) is 0 Å². The van der Waals surface area contributed by atoms with Gasteiger partial charge in [0, 0.05) is 18.0 Å². The number of piperidine rings is 1. The van der Waals surface area contributed by atoms with Crippen LogP contribution in [0.3, 0.4) is 0 Å². The fourth-order valence-electron chi connectivity index (χ4n) is 3.25. The van der Waals surface area contributed by atoms with Gasteiger partial charge in [-0.1, -0.05) is 6.42 Å². The molecule has 0 bridgehead atoms. The van der Waals surface area contributed by atoms with Crippen LogP contribution in [0, 0.1) is 13.8 Å². The molecule has 0 saturated carbocycles. The lowest BCUT2D eigenvalue weighted by molar-refractivity contribution is 0.102. The zero-order valence-electron chi connectivity index (χ0n) is 17.3. The van der Waals surface area contributed by atoms with Crippen LogP contribution >= 0.6 is 11.3 Å². The summed E-state index contributed by atoms with van der Waals surface area (Å²) in [6, 6.07) is 6.52. The first kappa shape index (κ1) is 21.8. The number of amides is 1. The summed E-state index contributed by atoms with van der Waals surface area (Å²) in [4.78, 5) is 14.6. The van der Waals surface area contributed by atoms with Gasteiger partial charge in [0.25, 0.3) is 5.91 Å². The molecular formula is C21H28N2O4S2. The van der Waals surface area contributed by atoms with Crippen LogP contribution in [0.5, 0.6) is 5.75 Å². The van der Waals surface area contributed by atoms with E-state index in [1.165, 1.54) is 21.7 Å². The Kier molecular flexibility index (Phi) is 6.65. The van der Waals surface area contributed by atoms with Crippen molar-refractivity contribution in [2.24, 2.45) is 0 Å². The van der Waals surface area contributed by atoms with Crippen LogP contribution < -0.4 is 10.1 Å². The maximum absolute atomic E-state index is 13.1. The molecule has 158 valence electrons. The summed E-state index contributed by atoms with van der Waals surface area (Å²) >= 11 is 1.41. The second-order valence-corrected chi connectivity index (χ2v) is 10.8. The third kappa shape index (κ3) is 4.99. The minimum Gasteiger partial charge on any atom is -0.489 e. The van der Waals surface area contributed by atoms with Crippen molar-refractivity contribution in [2.75, 3.05) is 18.4 Å². The van der Waals surface area contributed by atoms with E-state index in [4.69, 9.17) is 4.74 Å². The lowest BCUT2D eigenvalue weighted by Crippen LogP contribution is -2.35. The number of carbonyl (C=O) groups excluding carboxylic acids is 1. The van der Waals surface area contributed by atoms with Gasteiger partial charge in [-0.25, -0.2) is 8.42 Å². The third-order valence-corrected chi connectivity index (χ3v) is 7.95. The third-order valence-electron chi connectivity index (χ3n) is 4.90. The highest BCUT2D eigenvalue weighted by molar-refractivity contribution is 7.89. The zero-order valence-corrected chi connectivity index (χ0v) is 19.0. The zero-order chi connectivity index (χ0) is 21.2. The van der Waals surface area contributed by atoms with Crippen molar-refractivity contribution in [1.82, 2.24) is 4.31 Å². The summed E-state index contributed by atoms with van der Waals surface area (Å²) in [5.74, 6) is 0.184. The average molecular weight is 437 g/mol. The predicted molar refractivity (Wildman–Crippen MR) is 117 cm³/mol. The van der Waals surface area contributed by atoms with Gasteiger partial charge in [0.1, 0.15) is 5.75 Å². The molecule has 1 N–H and O–H groups in total. The lowest BCUT2D eigenvalue weighted by Gasteiger charge is -2.26. The Bertz CT molecular complexity index is 971. The molecule has 8 heteroatoms. The number of hydrogen-bond acceptors (Lipinski definition) is 5. The Morgan fingerprint density at radius 3 is 2.41 bits per heavy atom. The van der Waals surface area contributed by atoms with Gasteiger partial charge in [-0.05, 0) is 70.4 Å². The number of aryl methyl sites for hydroxylation is 2. The normalized spacial score (nSPS) is 15.5. The molecule has 0 aliphatic carbocycles. The van der Waals surface area contributed by atoms with Gasteiger partial charge >= 0.3 is 0 Å². The Balaban J connectivity index is 1.94. The van der Waals surface area contributed by atoms with Crippen molar-refractivity contribution in [3.63, 3.8) is 0 Å². The molecule has 0 radical (unpaired) electrons. The first-order valence-electron chi connectivity index (χ1n) is 9.87. The maximum Gasteiger partial charge on any atom is 0.265 e. The molecule has 0 atom stereocenters. The fraction of sp³-hybridized carbons (Fsp3) is 0.476. The van der Waals surface area contributed by atoms with E-state index in [1.807, 2.05) is 33.8 Å². The second kappa shape index (κ2) is 8.85. The molecule has 6 nitrogen and oxygen atoms in total. The monoisotopic (exact) mass is 436 g/mol. The van der Waals surface area contributed by atoms with E-state index in [0.29, 0.717) is 29.4 Å². The SMILES string of the molecule is Cc1cc(C(=O)Nc2cc(S(=O)(=O)N3CCCCC3)ccc2OC(C)C)sc1C. The van der Waals surface area contributed by atoms with E-state index in [-0.39, 0.29) is 16.9 Å². The number of sulfonamides is 1. The molecule has 1 amide bonds. The Labute approximate surface area is 176 Å². The first-order chi connectivity index (χ1) is 13.7. The van der Waals surface area contributed by atoms with Gasteiger partial charge in [0.2, 0.25) is 10.0 Å². The van der Waals surface area contributed by atoms with Crippen molar-refractivity contribution in [1.29, 1.82) is 0 Å². The summed E-state index contributed by atoms with van der Waals surface area (Å²) in [5, 5.41) is 2.85. The number of anilines is 1. The Morgan fingerprint density at radius 2 is 1.83 bits per heavy atom. The first-order valence-corrected chi connectivity index (χ1v) is 12.1. The summed E-state index contributed by atoms with van der Waals surface area (Å²) in [6.07, 6.45) is 2.68. The number of ether oxygens (including phenoxy) is 1. The van der Waals surface area contributed by atoms with Gasteiger partial charge in [0.05, 0.1) is 21.6 Å². The topological polar surface area (TPSA) is 75.7 Å². The number of benzene rings is 1. The maximum atomic E-state index is 13.1. The molecule has 29 heavy (non-hydrogen) atoms. The number of thiophene rings is 1. The van der Waals surface area contributed by atoms with Crippen LogP contribution in [0.2, 0.25) is 0 Å². The van der Waals surface area contributed by atoms with Gasteiger partial charge in [0.15, 0.2) is 0 Å². The van der Waals surface area contributed by atoms with Crippen LogP contribution in [-0.4, -0.2) is 37.8 Å². The minimum atomic E-state index is -3.60. The van der Waals surface area contributed by atoms with Gasteiger partial charge < -0.3 is 10.1 Å². The van der Waals surface area contributed by atoms with Gasteiger partial charge in [-0.3, -0.25) is 4.79 Å². The molecule has 1 aliphatic rings. The summed E-state index contributed by atoms with van der Waals surface area (Å²) in [5.41, 5.74) is 1.42. The van der Waals surface area contributed by atoms with Gasteiger partial charge in [-0.15, -0.1) is 11.3 Å². The second-order valence-electron chi connectivity index (χ2n) is 7.59. The predicted octanol–water partition coefficient (Wildman–Crippen LogP) is 4.58. The molecule has 0 spiro atoms. The standard InChI is InChI=1S/C21H28N2O4S2/c1-14(2)27-19-9-8-17(29(25,26)23-10-6-5-7-11-23)13-18(19)22-21(24)20-12-15(3)16(4)28-20/h8-9,12-14H,5-7,10-11H2,1-4H3,(H,22,24). The number of nitrogens with one attached hydrogen (secondary N) is 1. The smallest absolute Gasteiger partial charge is 0.265 e. The molecule has 3 rings (SSSR count). The van der Waals surface area contributed by atoms with E-state index >= 15 is 0 Å². The summed E-state index contributed by atoms with van der Waals surface area (Å²) in [6.45, 7) is 8.76. The molecule has 1 aromatic carbocycles. The molecule has 1 aliphatic heterocycles. The number of nitrogens with zero attached hydrogens (tertiary/aromatic N) is 1. The van der Waals surface area contributed by atoms with Crippen LogP contribution in [0.4, 0.5) is 5.69 Å². The van der Waals surface area contributed by atoms with E-state index in [1.54, 1.807) is 12.1 Å². The molecule has 2 heterocycles. The van der Waals surface area contributed by atoms with E-state index in [2.05, 4.69) is 5.32 Å². The van der Waals surface area contributed by atoms with Crippen molar-refractivity contribution in [3.8, 4) is 5.75 Å². The highest BCUT2D eigenvalue weighted by Gasteiger charge is 2.27. The summed E-state index contributed by atoms with van der Waals surface area (Å²) < 4.78 is 33.4. The van der Waals surface area contributed by atoms with Crippen LogP contribution in [-0.2, 0) is 10.0 Å². The van der Waals surface area contributed by atoms with Gasteiger partial charge in [-0.2, -0.15) is 4.31 Å². The molecular weight excluding hydrogens is 408 g/mol. The molecule has 1 saturated heterocycles. The van der Waals surface area contributed by atoms with Crippen molar-refractivity contribution >= 4 is 33.0 Å². The van der Waals surface area contributed by atoms with E-state index < -0.39 is 10.0 Å². The highest BCUT2D eigenvalue weighted by Crippen LogP contribution is 2.32. The number of hydrogen-bond donors (Lipinski definition) is 1. The largest absolute Gasteiger partial charge is 0.489 e. The lowest BCUT2D eigenvalue weighted by atomic mass is 10.2. The molecule has 1 aromatic heterocycles. The van der Waals surface area contributed by atoms with Crippen molar-refractivity contribution in [2.45, 2.75) is 58.0 Å². The molecule has 0 unspecified atom stereocenters. The number of carbonyl (C=O) groups is 1. The van der Waals surface area contributed by atoms with Crippen molar-refractivity contribution in [3.05, 3.63) is 39.6 Å². The van der Waals surface area contributed by atoms with Crippen LogP contribution in [0.15, 0.2) is 29.2 Å². The van der Waals surface area contributed by atoms with Crippen molar-refractivity contribution < 1.29 is 17.9 Å². The average Bonchev–Trinajstić information content (AvgIpc) is 3.02. The summed E-state index contributed by atoms with van der Waals surface area (Å²) in [7, 11) is -3.60. The van der Waals surface area contributed by atoms with E-state index in [0.717, 1.165) is 29.7 Å². The highest BCUT2D eigenvalue weighted by atomic mass is 32.2. The van der Waals surface area contributed by atoms with E-state index in [9.17, 15) is 13.2 Å². The molecule has 2 aromatic rings. The molecule has 1 fully saturated rings. The number of rotatable bonds is 6. The van der Waals surface area contributed by atoms with Crippen LogP contribution in [0.1, 0.15) is 53.2 Å². The fourth-order valence-corrected chi connectivity index (χ4v) is 5.72. The Morgan fingerprint density at radius 1 is 1.14 bits per heavy atom. The minimum absolute atomic E-state index is 0.110. The Hall–Kier alpha value is -1.90. The quantitative estimate of drug-likeness (QED) is 0.719.